The van der Waals surface area contributed by atoms with Crippen molar-refractivity contribution >= 4 is 28.7 Å². The third-order valence-electron chi connectivity index (χ3n) is 6.38. The Morgan fingerprint density at radius 2 is 1.88 bits per heavy atom. The van der Waals surface area contributed by atoms with Gasteiger partial charge >= 0.3 is 0 Å². The summed E-state index contributed by atoms with van der Waals surface area (Å²) in [6.45, 7) is 1.32. The molecule has 2 amide bonds. The molecule has 3 heterocycles. The first-order chi connectivity index (χ1) is 15.6. The van der Waals surface area contributed by atoms with Gasteiger partial charge in [-0.05, 0) is 54.5 Å². The molecule has 1 aromatic carbocycles. The SMILES string of the molecule is N#CC1CCN(C(=O)Cc2ccc(-c3cc(NC(=O)C4CC4)nc4[nH]ccc34)cc2)CC1. The fraction of sp³-hybridized carbons (Fsp3) is 0.360. The van der Waals surface area contributed by atoms with E-state index in [-0.39, 0.29) is 23.7 Å². The minimum absolute atomic E-state index is 0.0296. The van der Waals surface area contributed by atoms with Gasteiger partial charge in [0.05, 0.1) is 12.5 Å². The Morgan fingerprint density at radius 3 is 2.56 bits per heavy atom. The number of hydrogen-bond acceptors (Lipinski definition) is 4. The van der Waals surface area contributed by atoms with Crippen LogP contribution in [0.15, 0.2) is 42.6 Å². The smallest absolute Gasteiger partial charge is 0.228 e. The molecular formula is C25H25N5O2. The van der Waals surface area contributed by atoms with Gasteiger partial charge in [-0.25, -0.2) is 4.98 Å². The van der Waals surface area contributed by atoms with Gasteiger partial charge in [-0.2, -0.15) is 5.26 Å². The van der Waals surface area contributed by atoms with Crippen LogP contribution in [0.3, 0.4) is 0 Å². The highest BCUT2D eigenvalue weighted by atomic mass is 16.2. The van der Waals surface area contributed by atoms with Gasteiger partial charge in [0, 0.05) is 36.5 Å². The summed E-state index contributed by atoms with van der Waals surface area (Å²) in [7, 11) is 0. The van der Waals surface area contributed by atoms with Crippen LogP contribution >= 0.6 is 0 Å². The molecular weight excluding hydrogens is 402 g/mol. The number of hydrogen-bond donors (Lipinski definition) is 2. The second-order valence-electron chi connectivity index (χ2n) is 8.72. The number of piperidine rings is 1. The summed E-state index contributed by atoms with van der Waals surface area (Å²) >= 11 is 0. The predicted octanol–water partition coefficient (Wildman–Crippen LogP) is 3.88. The molecule has 1 saturated heterocycles. The van der Waals surface area contributed by atoms with Crippen molar-refractivity contribution in [3.63, 3.8) is 0 Å². The highest BCUT2D eigenvalue weighted by molar-refractivity contribution is 5.99. The number of rotatable bonds is 5. The first-order valence-corrected chi connectivity index (χ1v) is 11.2. The Kier molecular flexibility index (Phi) is 5.36. The molecule has 0 atom stereocenters. The molecule has 5 rings (SSSR count). The number of nitrogens with zero attached hydrogens (tertiary/aromatic N) is 3. The zero-order valence-corrected chi connectivity index (χ0v) is 17.8. The number of pyridine rings is 1. The lowest BCUT2D eigenvalue weighted by Crippen LogP contribution is -2.39. The number of carbonyl (C=O) groups is 2. The molecule has 2 N–H and O–H groups in total. The van der Waals surface area contributed by atoms with Crippen molar-refractivity contribution in [2.45, 2.75) is 32.1 Å². The highest BCUT2D eigenvalue weighted by Crippen LogP contribution is 2.33. The Hall–Kier alpha value is -3.66. The predicted molar refractivity (Wildman–Crippen MR) is 122 cm³/mol. The average Bonchev–Trinajstić information content (AvgIpc) is 3.57. The monoisotopic (exact) mass is 427 g/mol. The number of H-pyrrole nitrogens is 1. The summed E-state index contributed by atoms with van der Waals surface area (Å²) in [6.07, 6.45) is 5.61. The van der Waals surface area contributed by atoms with E-state index in [4.69, 9.17) is 5.26 Å². The number of anilines is 1. The first-order valence-electron chi connectivity index (χ1n) is 11.2. The molecule has 32 heavy (non-hydrogen) atoms. The van der Waals surface area contributed by atoms with Crippen molar-refractivity contribution in [1.82, 2.24) is 14.9 Å². The Labute approximate surface area is 186 Å². The van der Waals surface area contributed by atoms with Gasteiger partial charge in [-0.3, -0.25) is 9.59 Å². The second kappa shape index (κ2) is 8.46. The van der Waals surface area contributed by atoms with E-state index < -0.39 is 0 Å². The van der Waals surface area contributed by atoms with Crippen molar-refractivity contribution in [2.24, 2.45) is 11.8 Å². The first kappa shape index (κ1) is 20.3. The minimum atomic E-state index is 0.0296. The summed E-state index contributed by atoms with van der Waals surface area (Å²) in [5.41, 5.74) is 3.68. The largest absolute Gasteiger partial charge is 0.346 e. The Bertz CT molecular complexity index is 1200. The Morgan fingerprint density at radius 1 is 1.12 bits per heavy atom. The quantitative estimate of drug-likeness (QED) is 0.645. The number of amides is 2. The lowest BCUT2D eigenvalue weighted by Gasteiger charge is -2.29. The van der Waals surface area contributed by atoms with Crippen molar-refractivity contribution in [2.75, 3.05) is 18.4 Å². The molecule has 1 aliphatic carbocycles. The lowest BCUT2D eigenvalue weighted by molar-refractivity contribution is -0.131. The summed E-state index contributed by atoms with van der Waals surface area (Å²) in [6, 6.07) is 14.2. The van der Waals surface area contributed by atoms with E-state index in [1.165, 1.54) is 0 Å². The van der Waals surface area contributed by atoms with Crippen molar-refractivity contribution in [3.05, 3.63) is 48.2 Å². The van der Waals surface area contributed by atoms with Crippen LogP contribution < -0.4 is 5.32 Å². The van der Waals surface area contributed by atoms with Crippen LogP contribution in [-0.4, -0.2) is 39.8 Å². The molecule has 1 saturated carbocycles. The number of likely N-dealkylation sites (tertiary alicyclic amines) is 1. The highest BCUT2D eigenvalue weighted by Gasteiger charge is 2.30. The van der Waals surface area contributed by atoms with E-state index >= 15 is 0 Å². The van der Waals surface area contributed by atoms with Crippen molar-refractivity contribution in [1.29, 1.82) is 5.26 Å². The molecule has 2 aromatic heterocycles. The number of carbonyl (C=O) groups excluding carboxylic acids is 2. The summed E-state index contributed by atoms with van der Waals surface area (Å²) in [5.74, 6) is 0.870. The fourth-order valence-electron chi connectivity index (χ4n) is 4.26. The van der Waals surface area contributed by atoms with Gasteiger partial charge < -0.3 is 15.2 Å². The van der Waals surface area contributed by atoms with E-state index in [2.05, 4.69) is 21.4 Å². The van der Waals surface area contributed by atoms with Gasteiger partial charge in [0.2, 0.25) is 11.8 Å². The van der Waals surface area contributed by atoms with Gasteiger partial charge in [0.25, 0.3) is 0 Å². The van der Waals surface area contributed by atoms with Crippen LogP contribution in [0.2, 0.25) is 0 Å². The summed E-state index contributed by atoms with van der Waals surface area (Å²) in [5, 5.41) is 13.0. The Balaban J connectivity index is 1.32. The number of nitriles is 1. The maximum atomic E-state index is 12.7. The lowest BCUT2D eigenvalue weighted by atomic mass is 9.97. The maximum Gasteiger partial charge on any atom is 0.228 e. The second-order valence-corrected chi connectivity index (χ2v) is 8.72. The number of aromatic amines is 1. The molecule has 7 heteroatoms. The molecule has 162 valence electrons. The molecule has 0 radical (unpaired) electrons. The zero-order valence-electron chi connectivity index (χ0n) is 17.8. The van der Waals surface area contributed by atoms with Gasteiger partial charge in [0.1, 0.15) is 11.5 Å². The number of nitrogens with one attached hydrogen (secondary N) is 2. The molecule has 1 aliphatic heterocycles. The number of benzene rings is 1. The van der Waals surface area contributed by atoms with Crippen molar-refractivity contribution < 1.29 is 9.59 Å². The molecule has 7 nitrogen and oxygen atoms in total. The minimum Gasteiger partial charge on any atom is -0.346 e. The summed E-state index contributed by atoms with van der Waals surface area (Å²) in [4.78, 5) is 34.4. The standard InChI is InChI=1S/C25H25N5O2/c26-15-17-8-11-30(12-9-17)23(31)13-16-1-3-18(4-2-16)21-14-22(29-25(32)19-5-6-19)28-24-20(21)7-10-27-24/h1-4,7,10,14,17,19H,5-6,8-9,11-13H2,(H2,27,28,29,32). The molecule has 3 aromatic rings. The maximum absolute atomic E-state index is 12.7. The van der Waals surface area contributed by atoms with Crippen LogP contribution in [0.25, 0.3) is 22.2 Å². The van der Waals surface area contributed by atoms with E-state index in [9.17, 15) is 9.59 Å². The molecule has 0 spiro atoms. The van der Waals surface area contributed by atoms with Gasteiger partial charge in [-0.15, -0.1) is 0 Å². The molecule has 2 fully saturated rings. The van der Waals surface area contributed by atoms with E-state index in [1.54, 1.807) is 0 Å². The average molecular weight is 428 g/mol. The fourth-order valence-corrected chi connectivity index (χ4v) is 4.26. The molecule has 0 bridgehead atoms. The van der Waals surface area contributed by atoms with E-state index in [0.717, 1.165) is 53.4 Å². The molecule has 2 aliphatic rings. The number of fused-ring (bicyclic) bond motifs is 1. The third kappa shape index (κ3) is 4.22. The molecule has 0 unspecified atom stereocenters. The van der Waals surface area contributed by atoms with Crippen LogP contribution in [-0.2, 0) is 16.0 Å². The zero-order chi connectivity index (χ0) is 22.1. The van der Waals surface area contributed by atoms with Gasteiger partial charge in [-0.1, -0.05) is 24.3 Å². The van der Waals surface area contributed by atoms with Crippen LogP contribution in [0.4, 0.5) is 5.82 Å². The number of aromatic nitrogens is 2. The normalized spacial score (nSPS) is 16.7. The van der Waals surface area contributed by atoms with Crippen LogP contribution in [0.5, 0.6) is 0 Å². The summed E-state index contributed by atoms with van der Waals surface area (Å²) < 4.78 is 0. The topological polar surface area (TPSA) is 102 Å². The third-order valence-corrected chi connectivity index (χ3v) is 6.38. The van der Waals surface area contributed by atoms with Gasteiger partial charge in [0.15, 0.2) is 0 Å². The van der Waals surface area contributed by atoms with E-state index in [0.29, 0.717) is 25.3 Å². The van der Waals surface area contributed by atoms with Crippen molar-refractivity contribution in [3.8, 4) is 17.2 Å². The van der Waals surface area contributed by atoms with E-state index in [1.807, 2.05) is 47.5 Å². The van der Waals surface area contributed by atoms with Crippen LogP contribution in [0, 0.1) is 23.2 Å². The van der Waals surface area contributed by atoms with Crippen LogP contribution in [0.1, 0.15) is 31.2 Å².